The van der Waals surface area contributed by atoms with Crippen molar-refractivity contribution in [2.75, 3.05) is 36.4 Å². The third kappa shape index (κ3) is 4.96. The van der Waals surface area contributed by atoms with E-state index in [1.165, 1.54) is 4.31 Å². The summed E-state index contributed by atoms with van der Waals surface area (Å²) in [6.45, 7) is 3.80. The van der Waals surface area contributed by atoms with Crippen LogP contribution in [0.4, 0.5) is 11.8 Å². The van der Waals surface area contributed by atoms with Crippen LogP contribution in [0.5, 0.6) is 0 Å². The minimum atomic E-state index is -3.58. The first-order valence-corrected chi connectivity index (χ1v) is 13.3. The number of anilines is 2. The number of fused-ring (bicyclic) bond motifs is 1. The average Bonchev–Trinajstić information content (AvgIpc) is 2.89. The Bertz CT molecular complexity index is 1420. The summed E-state index contributed by atoms with van der Waals surface area (Å²) in [4.78, 5) is 11.9. The van der Waals surface area contributed by atoms with E-state index in [0.717, 1.165) is 22.3 Å². The van der Waals surface area contributed by atoms with E-state index in [0.29, 0.717) is 37.1 Å². The van der Waals surface area contributed by atoms with E-state index in [2.05, 4.69) is 24.4 Å². The largest absolute Gasteiger partial charge is 0.363 e. The Morgan fingerprint density at radius 2 is 1.51 bits per heavy atom. The first-order valence-electron chi connectivity index (χ1n) is 11.5. The van der Waals surface area contributed by atoms with Crippen LogP contribution in [-0.4, -0.2) is 48.9 Å². The molecule has 1 aromatic heterocycles. The Labute approximate surface area is 210 Å². The van der Waals surface area contributed by atoms with E-state index in [1.807, 2.05) is 47.4 Å². The lowest BCUT2D eigenvalue weighted by molar-refractivity contribution is 0.382. The standard InChI is InChI=1S/C26H26ClN5O2S/c1-19(20-7-3-2-4-8-20)28-25-23-9-5-6-10-24(23)29-26(30-25)31-15-17-32(18-16-31)35(33,34)22-13-11-21(27)12-14-22/h2-14,19H,15-18H2,1H3,(H,28,29,30)/t19-/m1/s1. The molecule has 0 radical (unpaired) electrons. The fraction of sp³-hybridized carbons (Fsp3) is 0.231. The number of nitrogens with one attached hydrogen (secondary N) is 1. The lowest BCUT2D eigenvalue weighted by Gasteiger charge is -2.34. The number of rotatable bonds is 6. The van der Waals surface area contributed by atoms with Gasteiger partial charge in [-0.1, -0.05) is 54.1 Å². The van der Waals surface area contributed by atoms with Crippen LogP contribution in [0.15, 0.2) is 83.8 Å². The summed E-state index contributed by atoms with van der Waals surface area (Å²) < 4.78 is 27.6. The number of aromatic nitrogens is 2. The molecule has 1 N–H and O–H groups in total. The lowest BCUT2D eigenvalue weighted by Crippen LogP contribution is -2.49. The highest BCUT2D eigenvalue weighted by molar-refractivity contribution is 7.89. The zero-order valence-electron chi connectivity index (χ0n) is 19.3. The van der Waals surface area contributed by atoms with E-state index in [-0.39, 0.29) is 10.9 Å². The number of hydrogen-bond donors (Lipinski definition) is 1. The van der Waals surface area contributed by atoms with Gasteiger partial charge in [-0.3, -0.25) is 0 Å². The summed E-state index contributed by atoms with van der Waals surface area (Å²) in [6.07, 6.45) is 0. The normalized spacial score (nSPS) is 15.8. The van der Waals surface area contributed by atoms with Crippen LogP contribution >= 0.6 is 11.6 Å². The van der Waals surface area contributed by atoms with Crippen molar-refractivity contribution in [2.24, 2.45) is 0 Å². The van der Waals surface area contributed by atoms with Gasteiger partial charge in [-0.15, -0.1) is 0 Å². The van der Waals surface area contributed by atoms with Gasteiger partial charge in [0.25, 0.3) is 0 Å². The maximum Gasteiger partial charge on any atom is 0.243 e. The molecular weight excluding hydrogens is 482 g/mol. The average molecular weight is 508 g/mol. The molecular formula is C26H26ClN5O2S. The Hall–Kier alpha value is -3.20. The van der Waals surface area contributed by atoms with Crippen LogP contribution in [0.1, 0.15) is 18.5 Å². The molecule has 0 bridgehead atoms. The minimum Gasteiger partial charge on any atom is -0.363 e. The molecule has 7 nitrogen and oxygen atoms in total. The number of benzene rings is 3. The Kier molecular flexibility index (Phi) is 6.60. The van der Waals surface area contributed by atoms with Crippen molar-refractivity contribution >= 4 is 44.3 Å². The highest BCUT2D eigenvalue weighted by Crippen LogP contribution is 2.28. The van der Waals surface area contributed by atoms with Crippen molar-refractivity contribution in [2.45, 2.75) is 17.9 Å². The minimum absolute atomic E-state index is 0.0590. The van der Waals surface area contributed by atoms with Crippen LogP contribution in [0, 0.1) is 0 Å². The van der Waals surface area contributed by atoms with Crippen LogP contribution in [0.2, 0.25) is 5.02 Å². The summed E-state index contributed by atoms with van der Waals surface area (Å²) in [5.74, 6) is 1.35. The summed E-state index contributed by atoms with van der Waals surface area (Å²) in [5.41, 5.74) is 2.01. The SMILES string of the molecule is C[C@@H](Nc1nc(N2CCN(S(=O)(=O)c3ccc(Cl)cc3)CC2)nc2ccccc12)c1ccccc1. The second-order valence-corrected chi connectivity index (χ2v) is 10.9. The summed E-state index contributed by atoms with van der Waals surface area (Å²) >= 11 is 5.92. The number of halogens is 1. The van der Waals surface area contributed by atoms with Crippen LogP contribution in [0.3, 0.4) is 0 Å². The first-order chi connectivity index (χ1) is 16.9. The number of nitrogens with zero attached hydrogens (tertiary/aromatic N) is 4. The molecule has 0 aliphatic carbocycles. The number of hydrogen-bond acceptors (Lipinski definition) is 6. The third-order valence-electron chi connectivity index (χ3n) is 6.22. The fourth-order valence-corrected chi connectivity index (χ4v) is 5.78. The number of para-hydroxylation sites is 1. The molecule has 1 atom stereocenters. The zero-order chi connectivity index (χ0) is 24.4. The second kappa shape index (κ2) is 9.81. The van der Waals surface area contributed by atoms with Crippen LogP contribution in [0.25, 0.3) is 10.9 Å². The van der Waals surface area contributed by atoms with Gasteiger partial charge in [-0.05, 0) is 48.9 Å². The summed E-state index contributed by atoms with van der Waals surface area (Å²) in [6, 6.07) is 24.5. The molecule has 1 fully saturated rings. The monoisotopic (exact) mass is 507 g/mol. The maximum atomic E-state index is 13.0. The molecule has 1 aliphatic heterocycles. The molecule has 3 aromatic carbocycles. The van der Waals surface area contributed by atoms with E-state index >= 15 is 0 Å². The molecule has 1 saturated heterocycles. The quantitative estimate of drug-likeness (QED) is 0.397. The van der Waals surface area contributed by atoms with Gasteiger partial charge in [0, 0.05) is 42.6 Å². The molecule has 1 aliphatic rings. The predicted octanol–water partition coefficient (Wildman–Crippen LogP) is 4.97. The van der Waals surface area contributed by atoms with Crippen molar-refractivity contribution in [1.29, 1.82) is 0 Å². The predicted molar refractivity (Wildman–Crippen MR) is 140 cm³/mol. The molecule has 2 heterocycles. The summed E-state index contributed by atoms with van der Waals surface area (Å²) in [5, 5.41) is 5.00. The molecule has 9 heteroatoms. The number of sulfonamides is 1. The molecule has 4 aromatic rings. The molecule has 0 spiro atoms. The van der Waals surface area contributed by atoms with Crippen LogP contribution in [-0.2, 0) is 10.0 Å². The topological polar surface area (TPSA) is 78.4 Å². The Morgan fingerprint density at radius 1 is 0.857 bits per heavy atom. The Morgan fingerprint density at radius 3 is 2.23 bits per heavy atom. The molecule has 35 heavy (non-hydrogen) atoms. The maximum absolute atomic E-state index is 13.0. The van der Waals surface area contributed by atoms with E-state index in [9.17, 15) is 8.42 Å². The molecule has 0 unspecified atom stereocenters. The van der Waals surface area contributed by atoms with Gasteiger partial charge in [-0.2, -0.15) is 9.29 Å². The van der Waals surface area contributed by atoms with Crippen molar-refractivity contribution in [3.63, 3.8) is 0 Å². The highest BCUT2D eigenvalue weighted by atomic mass is 35.5. The second-order valence-electron chi connectivity index (χ2n) is 8.51. The first kappa shape index (κ1) is 23.5. The highest BCUT2D eigenvalue weighted by Gasteiger charge is 2.29. The lowest BCUT2D eigenvalue weighted by atomic mass is 10.1. The van der Waals surface area contributed by atoms with Crippen molar-refractivity contribution in [3.8, 4) is 0 Å². The van der Waals surface area contributed by atoms with Gasteiger partial charge in [0.2, 0.25) is 16.0 Å². The smallest absolute Gasteiger partial charge is 0.243 e. The van der Waals surface area contributed by atoms with E-state index in [1.54, 1.807) is 24.3 Å². The van der Waals surface area contributed by atoms with Gasteiger partial charge in [0.1, 0.15) is 5.82 Å². The molecule has 180 valence electrons. The van der Waals surface area contributed by atoms with Crippen molar-refractivity contribution < 1.29 is 8.42 Å². The van der Waals surface area contributed by atoms with Gasteiger partial charge in [0.05, 0.1) is 10.4 Å². The van der Waals surface area contributed by atoms with E-state index < -0.39 is 10.0 Å². The van der Waals surface area contributed by atoms with Gasteiger partial charge >= 0.3 is 0 Å². The van der Waals surface area contributed by atoms with Crippen molar-refractivity contribution in [3.05, 3.63) is 89.4 Å². The van der Waals surface area contributed by atoms with Gasteiger partial charge in [0.15, 0.2) is 0 Å². The number of piperazine rings is 1. The third-order valence-corrected chi connectivity index (χ3v) is 8.38. The van der Waals surface area contributed by atoms with Crippen molar-refractivity contribution in [1.82, 2.24) is 14.3 Å². The Balaban J connectivity index is 1.37. The molecule has 0 amide bonds. The van der Waals surface area contributed by atoms with Gasteiger partial charge in [-0.25, -0.2) is 13.4 Å². The van der Waals surface area contributed by atoms with Gasteiger partial charge < -0.3 is 10.2 Å². The van der Waals surface area contributed by atoms with E-state index in [4.69, 9.17) is 21.6 Å². The fourth-order valence-electron chi connectivity index (χ4n) is 4.23. The van der Waals surface area contributed by atoms with Crippen LogP contribution < -0.4 is 10.2 Å². The molecule has 5 rings (SSSR count). The molecule has 0 saturated carbocycles. The summed E-state index contributed by atoms with van der Waals surface area (Å²) in [7, 11) is -3.58. The zero-order valence-corrected chi connectivity index (χ0v) is 20.9.